The zero-order chi connectivity index (χ0) is 31.0. The Hall–Kier alpha value is -4.48. The summed E-state index contributed by atoms with van der Waals surface area (Å²) in [4.78, 5) is 10.5. The van der Waals surface area contributed by atoms with E-state index in [1.54, 1.807) is 12.1 Å². The number of benzene rings is 3. The summed E-state index contributed by atoms with van der Waals surface area (Å²) in [6.07, 6.45) is 5.08. The van der Waals surface area contributed by atoms with Crippen LogP contribution in [0.5, 0.6) is 5.88 Å². The number of pyridine rings is 2. The van der Waals surface area contributed by atoms with Crippen LogP contribution in [0.4, 0.5) is 26.0 Å². The average molecular weight is 636 g/mol. The van der Waals surface area contributed by atoms with Crippen molar-refractivity contribution in [3.8, 4) is 28.1 Å². The molecular formula is C32H28ClF2N5O3S. The number of halogens is 3. The molecule has 1 aliphatic heterocycles. The number of nitrogens with two attached hydrogens (primary N) is 1. The van der Waals surface area contributed by atoms with Gasteiger partial charge in [0.2, 0.25) is 5.88 Å². The summed E-state index contributed by atoms with van der Waals surface area (Å²) >= 11 is 6.77. The van der Waals surface area contributed by atoms with Gasteiger partial charge in [0.25, 0.3) is 10.0 Å². The Bertz CT molecular complexity index is 2000. The summed E-state index contributed by atoms with van der Waals surface area (Å²) in [6.45, 7) is 2.01. The van der Waals surface area contributed by atoms with Crippen LogP contribution in [0.1, 0.15) is 19.3 Å². The van der Waals surface area contributed by atoms with Crippen LogP contribution in [0.15, 0.2) is 77.8 Å². The lowest BCUT2D eigenvalue weighted by molar-refractivity contribution is 0.400. The van der Waals surface area contributed by atoms with Gasteiger partial charge in [0.1, 0.15) is 28.0 Å². The molecule has 1 saturated heterocycles. The summed E-state index contributed by atoms with van der Waals surface area (Å²) in [6, 6.07) is 17.1. The Morgan fingerprint density at radius 3 is 2.45 bits per heavy atom. The van der Waals surface area contributed by atoms with E-state index in [1.807, 2.05) is 24.3 Å². The first-order valence-electron chi connectivity index (χ1n) is 13.9. The molecule has 44 heavy (non-hydrogen) atoms. The summed E-state index contributed by atoms with van der Waals surface area (Å²) in [5, 5.41) is 1.35. The Morgan fingerprint density at radius 2 is 1.73 bits per heavy atom. The maximum absolute atomic E-state index is 14.3. The highest BCUT2D eigenvalue weighted by atomic mass is 35.5. The predicted octanol–water partition coefficient (Wildman–Crippen LogP) is 7.28. The van der Waals surface area contributed by atoms with Crippen LogP contribution in [0.3, 0.4) is 0 Å². The maximum Gasteiger partial charge on any atom is 0.264 e. The SMILES string of the molecule is COc1ncc(-c2ccc3nc(N)c(-c4ccc(N5CCCCC5)cc4Cl)cc3c2)cc1NS(=O)(=O)c1ccc(F)cc1F. The Labute approximate surface area is 258 Å². The van der Waals surface area contributed by atoms with Gasteiger partial charge in [0.05, 0.1) is 17.6 Å². The van der Waals surface area contributed by atoms with E-state index in [0.717, 1.165) is 54.7 Å². The third-order valence-electron chi connectivity index (χ3n) is 7.61. The molecule has 0 unspecified atom stereocenters. The van der Waals surface area contributed by atoms with Crippen LogP contribution in [0.25, 0.3) is 33.2 Å². The molecule has 0 atom stereocenters. The second kappa shape index (κ2) is 11.9. The third-order valence-corrected chi connectivity index (χ3v) is 9.33. The van der Waals surface area contributed by atoms with Gasteiger partial charge in [-0.3, -0.25) is 4.72 Å². The first-order chi connectivity index (χ1) is 21.1. The lowest BCUT2D eigenvalue weighted by Crippen LogP contribution is -2.29. The number of methoxy groups -OCH3 is 1. The van der Waals surface area contributed by atoms with Crippen molar-refractivity contribution in [2.75, 3.05) is 35.6 Å². The van der Waals surface area contributed by atoms with Gasteiger partial charge in [-0.05, 0) is 73.4 Å². The second-order valence-electron chi connectivity index (χ2n) is 10.5. The number of hydrogen-bond acceptors (Lipinski definition) is 7. The number of nitrogen functional groups attached to an aromatic ring is 1. The molecule has 3 N–H and O–H groups in total. The Morgan fingerprint density at radius 1 is 0.932 bits per heavy atom. The van der Waals surface area contributed by atoms with E-state index >= 15 is 0 Å². The number of rotatable bonds is 7. The minimum absolute atomic E-state index is 0.0227. The number of anilines is 3. The standard InChI is InChI=1S/C32H28ClF2N5O3S/c1-43-32-29(39-44(41,42)30-10-6-22(34)16-27(30)35)15-21(18-37-32)19-5-9-28-20(13-19)14-25(31(36)38-28)24-8-7-23(17-26(24)33)40-11-3-2-4-12-40/h5-10,13-18,39H,2-4,11-12H2,1H3,(H2,36,38). The van der Waals surface area contributed by atoms with E-state index in [2.05, 4.69) is 25.7 Å². The highest BCUT2D eigenvalue weighted by Crippen LogP contribution is 2.38. The van der Waals surface area contributed by atoms with E-state index in [-0.39, 0.29) is 11.6 Å². The molecule has 5 aromatic rings. The van der Waals surface area contributed by atoms with Crippen LogP contribution < -0.4 is 20.1 Å². The molecule has 2 aromatic heterocycles. The van der Waals surface area contributed by atoms with E-state index < -0.39 is 26.6 Å². The Kier molecular flexibility index (Phi) is 8.00. The minimum Gasteiger partial charge on any atom is -0.480 e. The molecule has 226 valence electrons. The Balaban J connectivity index is 1.35. The molecule has 0 bridgehead atoms. The zero-order valence-corrected chi connectivity index (χ0v) is 25.2. The minimum atomic E-state index is -4.43. The molecule has 3 aromatic carbocycles. The number of nitrogens with zero attached hydrogens (tertiary/aromatic N) is 3. The first-order valence-corrected chi connectivity index (χ1v) is 15.8. The summed E-state index contributed by atoms with van der Waals surface area (Å²) in [7, 11) is -3.10. The number of sulfonamides is 1. The molecule has 1 aliphatic rings. The van der Waals surface area contributed by atoms with E-state index in [9.17, 15) is 17.2 Å². The lowest BCUT2D eigenvalue weighted by atomic mass is 10.00. The maximum atomic E-state index is 14.3. The van der Waals surface area contributed by atoms with Crippen LogP contribution >= 0.6 is 11.6 Å². The predicted molar refractivity (Wildman–Crippen MR) is 170 cm³/mol. The van der Waals surface area contributed by atoms with Gasteiger partial charge in [-0.1, -0.05) is 23.7 Å². The van der Waals surface area contributed by atoms with Gasteiger partial charge < -0.3 is 15.4 Å². The van der Waals surface area contributed by atoms with Gasteiger partial charge >= 0.3 is 0 Å². The number of piperidine rings is 1. The molecule has 0 amide bonds. The molecule has 3 heterocycles. The average Bonchev–Trinajstić information content (AvgIpc) is 3.00. The van der Waals surface area contributed by atoms with Gasteiger partial charge in [-0.2, -0.15) is 0 Å². The van der Waals surface area contributed by atoms with E-state index in [4.69, 9.17) is 22.1 Å². The topological polar surface area (TPSA) is 110 Å². The lowest BCUT2D eigenvalue weighted by Gasteiger charge is -2.29. The van der Waals surface area contributed by atoms with Crippen LogP contribution in [0.2, 0.25) is 5.02 Å². The molecule has 8 nitrogen and oxygen atoms in total. The van der Waals surface area contributed by atoms with E-state index in [1.165, 1.54) is 25.8 Å². The quantitative estimate of drug-likeness (QED) is 0.193. The van der Waals surface area contributed by atoms with Crippen molar-refractivity contribution in [1.29, 1.82) is 0 Å². The monoisotopic (exact) mass is 635 g/mol. The molecule has 12 heteroatoms. The van der Waals surface area contributed by atoms with Crippen molar-refractivity contribution >= 4 is 49.7 Å². The normalized spacial score (nSPS) is 13.7. The van der Waals surface area contributed by atoms with Gasteiger partial charge in [0, 0.05) is 53.1 Å². The number of aromatic nitrogens is 2. The third kappa shape index (κ3) is 5.85. The fourth-order valence-corrected chi connectivity index (χ4v) is 6.78. The molecule has 0 radical (unpaired) electrons. The van der Waals surface area contributed by atoms with Crippen molar-refractivity contribution < 1.29 is 21.9 Å². The second-order valence-corrected chi connectivity index (χ2v) is 12.6. The molecule has 0 spiro atoms. The summed E-state index contributed by atoms with van der Waals surface area (Å²) in [5.74, 6) is -1.80. The first kappa shape index (κ1) is 29.6. The highest BCUT2D eigenvalue weighted by Gasteiger charge is 2.22. The highest BCUT2D eigenvalue weighted by molar-refractivity contribution is 7.92. The van der Waals surface area contributed by atoms with Crippen molar-refractivity contribution in [3.63, 3.8) is 0 Å². The fraction of sp³-hybridized carbons (Fsp3) is 0.188. The molecular weight excluding hydrogens is 608 g/mol. The van der Waals surface area contributed by atoms with Crippen molar-refractivity contribution in [1.82, 2.24) is 9.97 Å². The number of ether oxygens (including phenoxy) is 1. The molecule has 0 saturated carbocycles. The fourth-order valence-electron chi connectivity index (χ4n) is 5.40. The molecule has 1 fully saturated rings. The van der Waals surface area contributed by atoms with Crippen LogP contribution in [0, 0.1) is 11.6 Å². The zero-order valence-electron chi connectivity index (χ0n) is 23.6. The van der Waals surface area contributed by atoms with Gasteiger partial charge in [-0.25, -0.2) is 27.2 Å². The van der Waals surface area contributed by atoms with Crippen LogP contribution in [-0.2, 0) is 10.0 Å². The van der Waals surface area contributed by atoms with Crippen molar-refractivity contribution in [2.24, 2.45) is 0 Å². The number of fused-ring (bicyclic) bond motifs is 1. The molecule has 6 rings (SSSR count). The number of hydrogen-bond donors (Lipinski definition) is 2. The van der Waals surface area contributed by atoms with Gasteiger partial charge in [0.15, 0.2) is 0 Å². The summed E-state index contributed by atoms with van der Waals surface area (Å²) < 4.78 is 61.2. The van der Waals surface area contributed by atoms with Crippen molar-refractivity contribution in [2.45, 2.75) is 24.2 Å². The van der Waals surface area contributed by atoms with Crippen molar-refractivity contribution in [3.05, 3.63) is 89.6 Å². The molecule has 0 aliphatic carbocycles. The summed E-state index contributed by atoms with van der Waals surface area (Å²) in [5.41, 5.74) is 10.8. The number of nitrogens with one attached hydrogen (secondary N) is 1. The largest absolute Gasteiger partial charge is 0.480 e. The van der Waals surface area contributed by atoms with E-state index in [0.29, 0.717) is 39.1 Å². The smallest absolute Gasteiger partial charge is 0.264 e. The van der Waals surface area contributed by atoms with Gasteiger partial charge in [-0.15, -0.1) is 0 Å². The van der Waals surface area contributed by atoms with Crippen LogP contribution in [-0.4, -0.2) is 38.6 Å².